The minimum Gasteiger partial charge on any atom is -0.482 e. The van der Waals surface area contributed by atoms with Crippen LogP contribution in [-0.4, -0.2) is 17.7 Å². The van der Waals surface area contributed by atoms with Crippen LogP contribution >= 0.6 is 0 Å². The number of nitrogens with zero attached hydrogens (tertiary/aromatic N) is 1. The number of anilines is 1. The quantitative estimate of drug-likeness (QED) is 0.813. The molecule has 3 rings (SSSR count). The van der Waals surface area contributed by atoms with Crippen LogP contribution in [0.1, 0.15) is 5.69 Å². The van der Waals surface area contributed by atoms with Crippen LogP contribution < -0.4 is 10.1 Å². The van der Waals surface area contributed by atoms with E-state index >= 15 is 0 Å². The normalized spacial score (nSPS) is 13.8. The molecular formula is C12H10N2O3. The lowest BCUT2D eigenvalue weighted by atomic mass is 10.1. The lowest BCUT2D eigenvalue weighted by Crippen LogP contribution is -2.25. The number of ether oxygens (including phenoxy) is 1. The van der Waals surface area contributed by atoms with Crippen molar-refractivity contribution in [2.75, 3.05) is 11.9 Å². The summed E-state index contributed by atoms with van der Waals surface area (Å²) in [6, 6.07) is 7.33. The van der Waals surface area contributed by atoms with E-state index in [2.05, 4.69) is 10.5 Å². The van der Waals surface area contributed by atoms with Crippen LogP contribution in [0.3, 0.4) is 0 Å². The molecule has 0 atom stereocenters. The molecule has 0 radical (unpaired) electrons. The first kappa shape index (κ1) is 9.89. The van der Waals surface area contributed by atoms with Crippen molar-refractivity contribution < 1.29 is 14.1 Å². The van der Waals surface area contributed by atoms with Crippen molar-refractivity contribution >= 4 is 11.6 Å². The number of carbonyl (C=O) groups excluding carboxylic acids is 1. The summed E-state index contributed by atoms with van der Waals surface area (Å²) in [5, 5.41) is 6.58. The summed E-state index contributed by atoms with van der Waals surface area (Å²) in [5.41, 5.74) is 2.33. The fourth-order valence-electron chi connectivity index (χ4n) is 1.74. The second-order valence-electron chi connectivity index (χ2n) is 3.88. The molecule has 0 fully saturated rings. The van der Waals surface area contributed by atoms with E-state index in [1.165, 1.54) is 0 Å². The molecule has 1 aromatic heterocycles. The highest BCUT2D eigenvalue weighted by molar-refractivity contribution is 5.96. The molecule has 1 aliphatic heterocycles. The monoisotopic (exact) mass is 230 g/mol. The summed E-state index contributed by atoms with van der Waals surface area (Å²) in [5.74, 6) is 1.19. The maximum atomic E-state index is 11.2. The highest BCUT2D eigenvalue weighted by Gasteiger charge is 2.17. The van der Waals surface area contributed by atoms with Gasteiger partial charge in [-0.1, -0.05) is 5.16 Å². The van der Waals surface area contributed by atoms with E-state index < -0.39 is 0 Å². The first-order valence-corrected chi connectivity index (χ1v) is 5.23. The van der Waals surface area contributed by atoms with Crippen molar-refractivity contribution in [1.29, 1.82) is 0 Å². The molecule has 0 bridgehead atoms. The van der Waals surface area contributed by atoms with Crippen LogP contribution in [0.4, 0.5) is 5.69 Å². The first-order chi connectivity index (χ1) is 8.22. The molecule has 1 N–H and O–H groups in total. The fourth-order valence-corrected chi connectivity index (χ4v) is 1.74. The third-order valence-electron chi connectivity index (χ3n) is 2.52. The molecule has 5 nitrogen and oxygen atoms in total. The number of carbonyl (C=O) groups is 1. The lowest BCUT2D eigenvalue weighted by molar-refractivity contribution is -0.118. The zero-order valence-corrected chi connectivity index (χ0v) is 9.19. The molecule has 2 aromatic rings. The minimum atomic E-state index is -0.150. The maximum absolute atomic E-state index is 11.2. The van der Waals surface area contributed by atoms with Gasteiger partial charge in [0.2, 0.25) is 0 Å². The van der Waals surface area contributed by atoms with Crippen LogP contribution in [0.2, 0.25) is 0 Å². The second kappa shape index (κ2) is 3.62. The van der Waals surface area contributed by atoms with Crippen molar-refractivity contribution in [3.8, 4) is 17.1 Å². The Morgan fingerprint density at radius 1 is 1.35 bits per heavy atom. The SMILES string of the molecule is Cc1cc(-c2ccc3c(c2)NC(=O)CO3)on1. The van der Waals surface area contributed by atoms with Gasteiger partial charge in [0.05, 0.1) is 11.4 Å². The van der Waals surface area contributed by atoms with Crippen molar-refractivity contribution in [3.05, 3.63) is 30.0 Å². The summed E-state index contributed by atoms with van der Waals surface area (Å²) in [6.07, 6.45) is 0. The first-order valence-electron chi connectivity index (χ1n) is 5.23. The Labute approximate surface area is 97.4 Å². The number of aromatic nitrogens is 1. The van der Waals surface area contributed by atoms with Crippen LogP contribution in [-0.2, 0) is 4.79 Å². The largest absolute Gasteiger partial charge is 0.482 e. The van der Waals surface area contributed by atoms with Gasteiger partial charge < -0.3 is 14.6 Å². The van der Waals surface area contributed by atoms with Crippen molar-refractivity contribution in [2.45, 2.75) is 6.92 Å². The Morgan fingerprint density at radius 3 is 3.00 bits per heavy atom. The zero-order chi connectivity index (χ0) is 11.8. The van der Waals surface area contributed by atoms with E-state index in [-0.39, 0.29) is 12.5 Å². The number of benzene rings is 1. The number of nitrogens with one attached hydrogen (secondary N) is 1. The summed E-state index contributed by atoms with van der Waals surface area (Å²) < 4.78 is 10.4. The van der Waals surface area contributed by atoms with Crippen molar-refractivity contribution in [2.24, 2.45) is 0 Å². The van der Waals surface area contributed by atoms with E-state index in [1.54, 1.807) is 0 Å². The number of hydrogen-bond acceptors (Lipinski definition) is 4. The molecule has 1 aliphatic rings. The average Bonchev–Trinajstić information content (AvgIpc) is 2.75. The summed E-state index contributed by atoms with van der Waals surface area (Å²) in [7, 11) is 0. The predicted octanol–water partition coefficient (Wildman–Crippen LogP) is 1.98. The van der Waals surface area contributed by atoms with Gasteiger partial charge in [-0.25, -0.2) is 0 Å². The standard InChI is InChI=1S/C12H10N2O3/c1-7-4-11(17-14-7)8-2-3-10-9(5-8)13-12(15)6-16-10/h2-5H,6H2,1H3,(H,13,15). The molecule has 0 saturated carbocycles. The number of rotatable bonds is 1. The molecule has 1 aromatic carbocycles. The van der Waals surface area contributed by atoms with Crippen LogP contribution in [0.25, 0.3) is 11.3 Å². The van der Waals surface area contributed by atoms with Gasteiger partial charge in [-0.15, -0.1) is 0 Å². The van der Waals surface area contributed by atoms with Crippen LogP contribution in [0, 0.1) is 6.92 Å². The number of hydrogen-bond donors (Lipinski definition) is 1. The summed E-state index contributed by atoms with van der Waals surface area (Å²) >= 11 is 0. The third-order valence-corrected chi connectivity index (χ3v) is 2.52. The van der Waals surface area contributed by atoms with E-state index in [9.17, 15) is 4.79 Å². The third kappa shape index (κ3) is 1.75. The second-order valence-corrected chi connectivity index (χ2v) is 3.88. The molecule has 86 valence electrons. The topological polar surface area (TPSA) is 64.4 Å². The smallest absolute Gasteiger partial charge is 0.262 e. The molecule has 1 amide bonds. The highest BCUT2D eigenvalue weighted by atomic mass is 16.5. The van der Waals surface area contributed by atoms with Gasteiger partial charge in [0.1, 0.15) is 5.75 Å². The average molecular weight is 230 g/mol. The van der Waals surface area contributed by atoms with Crippen molar-refractivity contribution in [1.82, 2.24) is 5.16 Å². The van der Waals surface area contributed by atoms with Gasteiger partial charge in [0.15, 0.2) is 12.4 Å². The molecule has 2 heterocycles. The molecule has 0 unspecified atom stereocenters. The fraction of sp³-hybridized carbons (Fsp3) is 0.167. The van der Waals surface area contributed by atoms with Crippen LogP contribution in [0.5, 0.6) is 5.75 Å². The molecule has 5 heteroatoms. The summed E-state index contributed by atoms with van der Waals surface area (Å²) in [6.45, 7) is 1.92. The van der Waals surface area contributed by atoms with Gasteiger partial charge in [0, 0.05) is 11.6 Å². The zero-order valence-electron chi connectivity index (χ0n) is 9.19. The Hall–Kier alpha value is -2.30. The molecule has 0 aliphatic carbocycles. The van der Waals surface area contributed by atoms with Gasteiger partial charge >= 0.3 is 0 Å². The highest BCUT2D eigenvalue weighted by Crippen LogP contribution is 2.32. The van der Waals surface area contributed by atoms with Crippen molar-refractivity contribution in [3.63, 3.8) is 0 Å². The van der Waals surface area contributed by atoms with E-state index in [0.717, 1.165) is 11.3 Å². The molecule has 0 spiro atoms. The van der Waals surface area contributed by atoms with E-state index in [4.69, 9.17) is 9.26 Å². The number of amides is 1. The molecular weight excluding hydrogens is 220 g/mol. The molecule has 17 heavy (non-hydrogen) atoms. The Morgan fingerprint density at radius 2 is 2.24 bits per heavy atom. The minimum absolute atomic E-state index is 0.0633. The molecule has 0 saturated heterocycles. The number of aryl methyl sites for hydroxylation is 1. The Balaban J connectivity index is 2.03. The Bertz CT molecular complexity index is 589. The maximum Gasteiger partial charge on any atom is 0.262 e. The predicted molar refractivity (Wildman–Crippen MR) is 60.8 cm³/mol. The van der Waals surface area contributed by atoms with Gasteiger partial charge in [0.25, 0.3) is 5.91 Å². The number of fused-ring (bicyclic) bond motifs is 1. The van der Waals surface area contributed by atoms with Gasteiger partial charge in [-0.2, -0.15) is 0 Å². The van der Waals surface area contributed by atoms with Gasteiger partial charge in [-0.05, 0) is 25.1 Å². The van der Waals surface area contributed by atoms with Crippen LogP contribution in [0.15, 0.2) is 28.8 Å². The summed E-state index contributed by atoms with van der Waals surface area (Å²) in [4.78, 5) is 11.2. The van der Waals surface area contributed by atoms with E-state index in [0.29, 0.717) is 17.2 Å². The lowest BCUT2D eigenvalue weighted by Gasteiger charge is -2.17. The van der Waals surface area contributed by atoms with Gasteiger partial charge in [-0.3, -0.25) is 4.79 Å². The van der Waals surface area contributed by atoms with E-state index in [1.807, 2.05) is 31.2 Å². The Kier molecular flexibility index (Phi) is 2.11.